The number of fused-ring (bicyclic) bond motifs is 1. The van der Waals surface area contributed by atoms with E-state index < -0.39 is 5.97 Å². The zero-order chi connectivity index (χ0) is 12.6. The van der Waals surface area contributed by atoms with Crippen LogP contribution in [-0.2, 0) is 11.2 Å². The summed E-state index contributed by atoms with van der Waals surface area (Å²) in [6, 6.07) is 5.95. The van der Waals surface area contributed by atoms with Gasteiger partial charge < -0.3 is 9.51 Å². The van der Waals surface area contributed by atoms with Crippen LogP contribution in [0.25, 0.3) is 5.52 Å². The lowest BCUT2D eigenvalue weighted by atomic mass is 10.0. The molecule has 0 saturated carbocycles. The first-order valence-corrected chi connectivity index (χ1v) is 6.28. The highest BCUT2D eigenvalue weighted by atomic mass is 79.9. The number of carboxylic acid groups (broad SMARTS) is 1. The predicted octanol–water partition coefficient (Wildman–Crippen LogP) is 3.27. The second kappa shape index (κ2) is 4.53. The van der Waals surface area contributed by atoms with Crippen LogP contribution in [0.15, 0.2) is 28.9 Å². The summed E-state index contributed by atoms with van der Waals surface area (Å²) in [4.78, 5) is 10.9. The SMILES string of the molecule is Cc1c(Br)c2ccccn2c1CC(C)C(=O)O. The quantitative estimate of drug-likeness (QED) is 0.944. The Morgan fingerprint density at radius 1 is 1.53 bits per heavy atom. The molecule has 0 fully saturated rings. The lowest BCUT2D eigenvalue weighted by Gasteiger charge is -2.07. The molecular formula is C13H14BrNO2. The molecule has 0 aliphatic carbocycles. The molecule has 4 heteroatoms. The van der Waals surface area contributed by atoms with E-state index in [2.05, 4.69) is 20.3 Å². The van der Waals surface area contributed by atoms with Crippen LogP contribution in [0.2, 0.25) is 0 Å². The van der Waals surface area contributed by atoms with Crippen LogP contribution < -0.4 is 0 Å². The Morgan fingerprint density at radius 2 is 2.24 bits per heavy atom. The molecule has 0 spiro atoms. The zero-order valence-electron chi connectivity index (χ0n) is 9.77. The molecule has 17 heavy (non-hydrogen) atoms. The first-order chi connectivity index (χ1) is 8.02. The number of rotatable bonds is 3. The van der Waals surface area contributed by atoms with Crippen LogP contribution in [-0.4, -0.2) is 15.5 Å². The average molecular weight is 296 g/mol. The molecule has 0 aromatic carbocycles. The number of carboxylic acids is 1. The second-order valence-electron chi connectivity index (χ2n) is 4.28. The number of hydrogen-bond donors (Lipinski definition) is 1. The van der Waals surface area contributed by atoms with Crippen molar-refractivity contribution in [3.8, 4) is 0 Å². The molecule has 2 aromatic rings. The van der Waals surface area contributed by atoms with Crippen molar-refractivity contribution < 1.29 is 9.90 Å². The molecule has 0 amide bonds. The highest BCUT2D eigenvalue weighted by Gasteiger charge is 2.18. The maximum Gasteiger partial charge on any atom is 0.306 e. The number of pyridine rings is 1. The van der Waals surface area contributed by atoms with Crippen LogP contribution in [0.4, 0.5) is 0 Å². The maximum atomic E-state index is 10.9. The molecule has 0 aliphatic rings. The zero-order valence-corrected chi connectivity index (χ0v) is 11.4. The van der Waals surface area contributed by atoms with Crippen molar-refractivity contribution in [2.75, 3.05) is 0 Å². The fraction of sp³-hybridized carbons (Fsp3) is 0.308. The Labute approximate surface area is 108 Å². The third-order valence-electron chi connectivity index (χ3n) is 3.06. The van der Waals surface area contributed by atoms with E-state index in [0.29, 0.717) is 6.42 Å². The number of carbonyl (C=O) groups is 1. The van der Waals surface area contributed by atoms with Gasteiger partial charge in [0, 0.05) is 22.8 Å². The summed E-state index contributed by atoms with van der Waals surface area (Å²) in [5.74, 6) is -1.13. The largest absolute Gasteiger partial charge is 0.481 e. The van der Waals surface area contributed by atoms with Crippen LogP contribution in [0, 0.1) is 12.8 Å². The molecule has 2 aromatic heterocycles. The van der Waals surface area contributed by atoms with Crippen LogP contribution in [0.3, 0.4) is 0 Å². The van der Waals surface area contributed by atoms with Crippen molar-refractivity contribution in [2.45, 2.75) is 20.3 Å². The Hall–Kier alpha value is -1.29. The summed E-state index contributed by atoms with van der Waals surface area (Å²) in [6.45, 7) is 3.75. The van der Waals surface area contributed by atoms with Gasteiger partial charge in [0.05, 0.1) is 11.4 Å². The van der Waals surface area contributed by atoms with E-state index in [1.807, 2.05) is 31.3 Å². The van der Waals surface area contributed by atoms with Crippen LogP contribution >= 0.6 is 15.9 Å². The van der Waals surface area contributed by atoms with Crippen LogP contribution in [0.1, 0.15) is 18.2 Å². The minimum absolute atomic E-state index is 0.376. The summed E-state index contributed by atoms with van der Waals surface area (Å²) >= 11 is 3.56. The van der Waals surface area contributed by atoms with Crippen LogP contribution in [0.5, 0.6) is 0 Å². The molecule has 90 valence electrons. The van der Waals surface area contributed by atoms with E-state index in [1.165, 1.54) is 0 Å². The van der Waals surface area contributed by atoms with Gasteiger partial charge in [0.1, 0.15) is 0 Å². The maximum absolute atomic E-state index is 10.9. The molecule has 1 atom stereocenters. The molecule has 3 nitrogen and oxygen atoms in total. The molecule has 0 bridgehead atoms. The number of nitrogens with zero attached hydrogens (tertiary/aromatic N) is 1. The summed E-state index contributed by atoms with van der Waals surface area (Å²) in [5, 5.41) is 8.99. The molecule has 1 unspecified atom stereocenters. The van der Waals surface area contributed by atoms with Crippen molar-refractivity contribution in [1.29, 1.82) is 0 Å². The Morgan fingerprint density at radius 3 is 2.88 bits per heavy atom. The third-order valence-corrected chi connectivity index (χ3v) is 4.06. The van der Waals surface area contributed by atoms with Crippen molar-refractivity contribution in [2.24, 2.45) is 5.92 Å². The first-order valence-electron chi connectivity index (χ1n) is 5.49. The summed E-state index contributed by atoms with van der Waals surface area (Å²) < 4.78 is 3.10. The van der Waals surface area contributed by atoms with E-state index in [9.17, 15) is 4.79 Å². The van der Waals surface area contributed by atoms with Crippen molar-refractivity contribution in [3.63, 3.8) is 0 Å². The van der Waals surface area contributed by atoms with E-state index in [4.69, 9.17) is 5.11 Å². The fourth-order valence-corrected chi connectivity index (χ4v) is 2.54. The summed E-state index contributed by atoms with van der Waals surface area (Å²) in [6.07, 6.45) is 2.51. The van der Waals surface area contributed by atoms with Gasteiger partial charge in [0.25, 0.3) is 0 Å². The molecule has 0 aliphatic heterocycles. The van der Waals surface area contributed by atoms with Gasteiger partial charge in [0.15, 0.2) is 0 Å². The van der Waals surface area contributed by atoms with E-state index in [0.717, 1.165) is 21.2 Å². The number of halogens is 1. The summed E-state index contributed by atoms with van der Waals surface area (Å²) in [7, 11) is 0. The van der Waals surface area contributed by atoms with Gasteiger partial charge in [-0.2, -0.15) is 0 Å². The molecule has 0 saturated heterocycles. The highest BCUT2D eigenvalue weighted by Crippen LogP contribution is 2.29. The van der Waals surface area contributed by atoms with Gasteiger partial charge in [-0.15, -0.1) is 0 Å². The standard InChI is InChI=1S/C13H14BrNO2/c1-8(13(16)17)7-11-9(2)12(14)10-5-3-4-6-15(10)11/h3-6,8H,7H2,1-2H3,(H,16,17). The number of hydrogen-bond acceptors (Lipinski definition) is 1. The number of aliphatic carboxylic acids is 1. The molecule has 1 N–H and O–H groups in total. The van der Waals surface area contributed by atoms with E-state index in [-0.39, 0.29) is 5.92 Å². The van der Waals surface area contributed by atoms with Gasteiger partial charge in [-0.25, -0.2) is 0 Å². The third kappa shape index (κ3) is 2.09. The topological polar surface area (TPSA) is 41.7 Å². The normalized spacial score (nSPS) is 12.9. The van der Waals surface area contributed by atoms with Crippen molar-refractivity contribution in [3.05, 3.63) is 40.1 Å². The highest BCUT2D eigenvalue weighted by molar-refractivity contribution is 9.10. The minimum Gasteiger partial charge on any atom is -0.481 e. The van der Waals surface area contributed by atoms with Gasteiger partial charge in [0.2, 0.25) is 0 Å². The first kappa shape index (κ1) is 12.2. The molecule has 2 heterocycles. The molecule has 0 radical (unpaired) electrons. The number of aromatic nitrogens is 1. The van der Waals surface area contributed by atoms with Gasteiger partial charge >= 0.3 is 5.97 Å². The Balaban J connectivity index is 2.53. The Bertz CT molecular complexity index is 574. The Kier molecular flexibility index (Phi) is 3.24. The van der Waals surface area contributed by atoms with E-state index in [1.54, 1.807) is 6.92 Å². The van der Waals surface area contributed by atoms with Gasteiger partial charge in [-0.3, -0.25) is 4.79 Å². The van der Waals surface area contributed by atoms with Crippen molar-refractivity contribution in [1.82, 2.24) is 4.40 Å². The van der Waals surface area contributed by atoms with Crippen molar-refractivity contribution >= 4 is 27.4 Å². The minimum atomic E-state index is -0.758. The smallest absolute Gasteiger partial charge is 0.306 e. The molecular weight excluding hydrogens is 282 g/mol. The van der Waals surface area contributed by atoms with Gasteiger partial charge in [-0.1, -0.05) is 13.0 Å². The predicted molar refractivity (Wildman–Crippen MR) is 70.3 cm³/mol. The van der Waals surface area contributed by atoms with E-state index >= 15 is 0 Å². The lowest BCUT2D eigenvalue weighted by Crippen LogP contribution is -2.14. The van der Waals surface area contributed by atoms with Gasteiger partial charge in [-0.05, 0) is 40.5 Å². The lowest BCUT2D eigenvalue weighted by molar-refractivity contribution is -0.141. The average Bonchev–Trinajstić information content (AvgIpc) is 2.55. The monoisotopic (exact) mass is 295 g/mol. The summed E-state index contributed by atoms with van der Waals surface area (Å²) in [5.41, 5.74) is 3.25. The molecule has 2 rings (SSSR count). The fourth-order valence-electron chi connectivity index (χ4n) is 1.99. The second-order valence-corrected chi connectivity index (χ2v) is 5.08.